The highest BCUT2D eigenvalue weighted by atomic mass is 35.5. The Morgan fingerprint density at radius 2 is 2.27 bits per heavy atom. The average molecular weight is 226 g/mol. The molecule has 1 aliphatic rings. The summed E-state index contributed by atoms with van der Waals surface area (Å²) < 4.78 is 5.32. The summed E-state index contributed by atoms with van der Waals surface area (Å²) in [4.78, 5) is 2.37. The summed E-state index contributed by atoms with van der Waals surface area (Å²) in [7, 11) is 1.72. The van der Waals surface area contributed by atoms with Crippen molar-refractivity contribution < 1.29 is 4.74 Å². The van der Waals surface area contributed by atoms with E-state index in [4.69, 9.17) is 16.3 Å². The lowest BCUT2D eigenvalue weighted by Crippen LogP contribution is -2.20. The molecular weight excluding hydrogens is 210 g/mol. The molecule has 0 radical (unpaired) electrons. The van der Waals surface area contributed by atoms with Crippen LogP contribution in [0, 0.1) is 0 Å². The number of nitrogens with zero attached hydrogens (tertiary/aromatic N) is 1. The molecule has 1 saturated heterocycles. The second kappa shape index (κ2) is 4.86. The van der Waals surface area contributed by atoms with Gasteiger partial charge in [0.05, 0.1) is 7.11 Å². The molecule has 1 aromatic carbocycles. The minimum Gasteiger partial charge on any atom is -0.496 e. The van der Waals surface area contributed by atoms with Gasteiger partial charge < -0.3 is 4.74 Å². The number of ether oxygens (including phenoxy) is 1. The number of hydrogen-bond acceptors (Lipinski definition) is 2. The fourth-order valence-corrected chi connectivity index (χ4v) is 2.30. The van der Waals surface area contributed by atoms with E-state index in [-0.39, 0.29) is 0 Å². The summed E-state index contributed by atoms with van der Waals surface area (Å²) in [5.74, 6) is 0.968. The first kappa shape index (κ1) is 10.8. The summed E-state index contributed by atoms with van der Waals surface area (Å²) in [6, 6.07) is 8.16. The third-order valence-electron chi connectivity index (χ3n) is 2.80. The predicted octanol–water partition coefficient (Wildman–Crippen LogP) is 2.51. The molecule has 0 aliphatic carbocycles. The SMILES string of the molecule is COc1ccccc1CN1CCC(Cl)C1. The number of para-hydroxylation sites is 1. The monoisotopic (exact) mass is 225 g/mol. The van der Waals surface area contributed by atoms with Gasteiger partial charge in [-0.15, -0.1) is 11.6 Å². The van der Waals surface area contributed by atoms with Crippen LogP contribution in [0.1, 0.15) is 12.0 Å². The number of likely N-dealkylation sites (tertiary alicyclic amines) is 1. The van der Waals surface area contributed by atoms with Crippen molar-refractivity contribution in [3.8, 4) is 5.75 Å². The maximum Gasteiger partial charge on any atom is 0.123 e. The molecule has 0 amide bonds. The van der Waals surface area contributed by atoms with Crippen LogP contribution < -0.4 is 4.74 Å². The highest BCUT2D eigenvalue weighted by Gasteiger charge is 2.20. The Hall–Kier alpha value is -0.730. The summed E-state index contributed by atoms with van der Waals surface area (Å²) >= 11 is 6.07. The molecule has 1 fully saturated rings. The van der Waals surface area contributed by atoms with Crippen molar-refractivity contribution in [1.82, 2.24) is 4.90 Å². The fraction of sp³-hybridized carbons (Fsp3) is 0.500. The Labute approximate surface area is 95.8 Å². The zero-order valence-corrected chi connectivity index (χ0v) is 9.70. The van der Waals surface area contributed by atoms with Crippen molar-refractivity contribution in [2.24, 2.45) is 0 Å². The largest absolute Gasteiger partial charge is 0.496 e. The van der Waals surface area contributed by atoms with Crippen LogP contribution in [0.3, 0.4) is 0 Å². The smallest absolute Gasteiger partial charge is 0.123 e. The van der Waals surface area contributed by atoms with Crippen LogP contribution in [0.4, 0.5) is 0 Å². The first-order chi connectivity index (χ1) is 7.29. The van der Waals surface area contributed by atoms with Gasteiger partial charge in [-0.05, 0) is 19.0 Å². The van der Waals surface area contributed by atoms with E-state index >= 15 is 0 Å². The molecule has 15 heavy (non-hydrogen) atoms. The van der Waals surface area contributed by atoms with Crippen molar-refractivity contribution in [1.29, 1.82) is 0 Å². The quantitative estimate of drug-likeness (QED) is 0.733. The fourth-order valence-electron chi connectivity index (χ4n) is 2.00. The molecule has 1 aromatic rings. The van der Waals surface area contributed by atoms with Gasteiger partial charge in [0.25, 0.3) is 0 Å². The zero-order valence-electron chi connectivity index (χ0n) is 8.95. The highest BCUT2D eigenvalue weighted by Crippen LogP contribution is 2.22. The van der Waals surface area contributed by atoms with E-state index in [0.717, 1.165) is 31.8 Å². The Kier molecular flexibility index (Phi) is 3.49. The predicted molar refractivity (Wildman–Crippen MR) is 62.5 cm³/mol. The van der Waals surface area contributed by atoms with E-state index in [2.05, 4.69) is 11.0 Å². The van der Waals surface area contributed by atoms with E-state index in [9.17, 15) is 0 Å². The molecule has 0 N–H and O–H groups in total. The lowest BCUT2D eigenvalue weighted by molar-refractivity contribution is 0.321. The molecule has 0 saturated carbocycles. The standard InChI is InChI=1S/C12H16ClNO/c1-15-12-5-3-2-4-10(12)8-14-7-6-11(13)9-14/h2-5,11H,6-9H2,1H3. The van der Waals surface area contributed by atoms with Gasteiger partial charge in [0, 0.05) is 24.0 Å². The molecular formula is C12H16ClNO. The first-order valence-electron chi connectivity index (χ1n) is 5.28. The number of hydrogen-bond donors (Lipinski definition) is 0. The van der Waals surface area contributed by atoms with E-state index in [1.807, 2.05) is 18.2 Å². The van der Waals surface area contributed by atoms with Gasteiger partial charge in [-0.3, -0.25) is 4.90 Å². The molecule has 82 valence electrons. The average Bonchev–Trinajstić information content (AvgIpc) is 2.65. The molecule has 0 spiro atoms. The van der Waals surface area contributed by atoms with E-state index in [0.29, 0.717) is 5.38 Å². The minimum atomic E-state index is 0.319. The van der Waals surface area contributed by atoms with Gasteiger partial charge in [-0.2, -0.15) is 0 Å². The van der Waals surface area contributed by atoms with Crippen molar-refractivity contribution >= 4 is 11.6 Å². The maximum absolute atomic E-state index is 6.07. The van der Waals surface area contributed by atoms with Crippen LogP contribution in [-0.2, 0) is 6.54 Å². The number of rotatable bonds is 3. The van der Waals surface area contributed by atoms with Crippen molar-refractivity contribution in [3.63, 3.8) is 0 Å². The molecule has 1 atom stereocenters. The van der Waals surface area contributed by atoms with Crippen molar-refractivity contribution in [2.75, 3.05) is 20.2 Å². The highest BCUT2D eigenvalue weighted by molar-refractivity contribution is 6.20. The summed E-state index contributed by atoms with van der Waals surface area (Å²) in [5, 5.41) is 0.319. The van der Waals surface area contributed by atoms with Gasteiger partial charge >= 0.3 is 0 Å². The van der Waals surface area contributed by atoms with E-state index in [1.54, 1.807) is 7.11 Å². The molecule has 1 aliphatic heterocycles. The van der Waals surface area contributed by atoms with Gasteiger partial charge in [0.2, 0.25) is 0 Å². The van der Waals surface area contributed by atoms with Crippen molar-refractivity contribution in [2.45, 2.75) is 18.3 Å². The lowest BCUT2D eigenvalue weighted by atomic mass is 10.2. The summed E-state index contributed by atoms with van der Waals surface area (Å²) in [6.45, 7) is 3.01. The van der Waals surface area contributed by atoms with Crippen LogP contribution in [-0.4, -0.2) is 30.5 Å². The van der Waals surface area contributed by atoms with Crippen LogP contribution >= 0.6 is 11.6 Å². The lowest BCUT2D eigenvalue weighted by Gasteiger charge is -2.16. The van der Waals surface area contributed by atoms with E-state index in [1.165, 1.54) is 5.56 Å². The summed E-state index contributed by atoms with van der Waals surface area (Å²) in [6.07, 6.45) is 1.09. The van der Waals surface area contributed by atoms with Crippen LogP contribution in [0.25, 0.3) is 0 Å². The summed E-state index contributed by atoms with van der Waals surface area (Å²) in [5.41, 5.74) is 1.24. The number of benzene rings is 1. The second-order valence-corrected chi connectivity index (χ2v) is 4.55. The second-order valence-electron chi connectivity index (χ2n) is 3.93. The molecule has 0 bridgehead atoms. The Morgan fingerprint density at radius 3 is 2.93 bits per heavy atom. The first-order valence-corrected chi connectivity index (χ1v) is 5.71. The molecule has 3 heteroatoms. The van der Waals surface area contributed by atoms with Gasteiger partial charge in [-0.1, -0.05) is 18.2 Å². The topological polar surface area (TPSA) is 12.5 Å². The number of methoxy groups -OCH3 is 1. The molecule has 1 heterocycles. The van der Waals surface area contributed by atoms with Gasteiger partial charge in [0.1, 0.15) is 5.75 Å². The molecule has 0 aromatic heterocycles. The van der Waals surface area contributed by atoms with Gasteiger partial charge in [-0.25, -0.2) is 0 Å². The third-order valence-corrected chi connectivity index (χ3v) is 3.16. The van der Waals surface area contributed by atoms with Crippen LogP contribution in [0.15, 0.2) is 24.3 Å². The third kappa shape index (κ3) is 2.64. The molecule has 2 rings (SSSR count). The normalized spacial score (nSPS) is 21.9. The Balaban J connectivity index is 2.04. The van der Waals surface area contributed by atoms with E-state index < -0.39 is 0 Å². The Bertz CT molecular complexity index is 329. The van der Waals surface area contributed by atoms with Gasteiger partial charge in [0.15, 0.2) is 0 Å². The van der Waals surface area contributed by atoms with Crippen molar-refractivity contribution in [3.05, 3.63) is 29.8 Å². The Morgan fingerprint density at radius 1 is 1.47 bits per heavy atom. The minimum absolute atomic E-state index is 0.319. The zero-order chi connectivity index (χ0) is 10.7. The van der Waals surface area contributed by atoms with Crippen LogP contribution in [0.2, 0.25) is 0 Å². The molecule has 1 unspecified atom stereocenters. The number of halogens is 1. The maximum atomic E-state index is 6.07. The number of alkyl halides is 1. The molecule has 2 nitrogen and oxygen atoms in total. The van der Waals surface area contributed by atoms with Crippen LogP contribution in [0.5, 0.6) is 5.75 Å².